The summed E-state index contributed by atoms with van der Waals surface area (Å²) in [7, 11) is -2.73. The molecule has 0 aliphatic heterocycles. The van der Waals surface area contributed by atoms with Gasteiger partial charge in [-0.05, 0) is 65.6 Å². The van der Waals surface area contributed by atoms with Crippen LogP contribution in [0.5, 0.6) is 5.75 Å². The van der Waals surface area contributed by atoms with E-state index >= 15 is 0 Å². The molecule has 4 nitrogen and oxygen atoms in total. The van der Waals surface area contributed by atoms with Crippen LogP contribution in [0.15, 0.2) is 109 Å². The number of methoxy groups -OCH3 is 1. The second-order valence-corrected chi connectivity index (χ2v) is 21.5. The quantitative estimate of drug-likeness (QED) is 0.123. The fourth-order valence-electron chi connectivity index (χ4n) is 5.44. The van der Waals surface area contributed by atoms with Crippen LogP contribution in [-0.4, -0.2) is 43.1 Å². The highest BCUT2D eigenvalue weighted by molar-refractivity contribution is 6.99. The van der Waals surface area contributed by atoms with Crippen molar-refractivity contribution in [3.05, 3.63) is 115 Å². The lowest BCUT2D eigenvalue weighted by Gasteiger charge is -2.42. The van der Waals surface area contributed by atoms with Crippen LogP contribution in [0.2, 0.25) is 24.7 Å². The molecule has 3 aromatic rings. The third-order valence-corrected chi connectivity index (χ3v) is 13.3. The Morgan fingerprint density at radius 3 is 1.90 bits per heavy atom. The molecule has 0 amide bonds. The summed E-state index contributed by atoms with van der Waals surface area (Å²) in [6, 6.07) is 29.6. The van der Waals surface area contributed by atoms with Gasteiger partial charge in [0.2, 0.25) is 0 Å². The van der Waals surface area contributed by atoms with Crippen molar-refractivity contribution in [1.29, 1.82) is 0 Å². The second kappa shape index (κ2) is 15.6. The maximum absolute atomic E-state index is 7.14. The standard InChI is InChI=1S/C36H50O4Si2/c1-9-16-30(27-33(40-41(6,7)8)29-38-28-31-21-23-32(37-5)24-22-31)25-26-39-42(36(2,3)4,34-17-12-10-13-18-34)35-19-14-11-15-20-35/h9-15,17-25,33H,1,16,26-29H2,2-8H3/b30-25-/t33-/m1/s1. The minimum atomic E-state index is -2.61. The van der Waals surface area contributed by atoms with E-state index in [1.165, 1.54) is 15.9 Å². The van der Waals surface area contributed by atoms with E-state index in [1.807, 2.05) is 30.3 Å². The molecular formula is C36H50O4Si2. The van der Waals surface area contributed by atoms with Crippen LogP contribution in [-0.2, 0) is 20.2 Å². The molecule has 3 rings (SSSR count). The van der Waals surface area contributed by atoms with Crippen LogP contribution in [0, 0.1) is 0 Å². The number of benzene rings is 3. The van der Waals surface area contributed by atoms with E-state index in [9.17, 15) is 0 Å². The van der Waals surface area contributed by atoms with E-state index in [1.54, 1.807) is 7.11 Å². The van der Waals surface area contributed by atoms with Crippen molar-refractivity contribution in [2.75, 3.05) is 20.3 Å². The highest BCUT2D eigenvalue weighted by atomic mass is 28.4. The number of hydrogen-bond acceptors (Lipinski definition) is 4. The molecule has 42 heavy (non-hydrogen) atoms. The summed E-state index contributed by atoms with van der Waals surface area (Å²) in [5, 5.41) is 2.50. The van der Waals surface area contributed by atoms with Crippen molar-refractivity contribution in [3.63, 3.8) is 0 Å². The zero-order chi connectivity index (χ0) is 30.6. The average Bonchev–Trinajstić information content (AvgIpc) is 2.95. The monoisotopic (exact) mass is 602 g/mol. The molecule has 0 aromatic heterocycles. The van der Waals surface area contributed by atoms with Crippen molar-refractivity contribution in [2.24, 2.45) is 0 Å². The SMILES string of the molecule is C=CC/C(=C/CO[Si](c1ccccc1)(c1ccccc1)C(C)(C)C)C[C@H](COCc1ccc(OC)cc1)O[Si](C)(C)C. The number of rotatable bonds is 16. The Balaban J connectivity index is 1.81. The lowest BCUT2D eigenvalue weighted by Crippen LogP contribution is -2.66. The van der Waals surface area contributed by atoms with Gasteiger partial charge in [-0.1, -0.05) is 111 Å². The first-order valence-electron chi connectivity index (χ1n) is 14.9. The molecule has 0 fully saturated rings. The molecule has 0 saturated carbocycles. The van der Waals surface area contributed by atoms with Crippen LogP contribution in [0.25, 0.3) is 0 Å². The van der Waals surface area contributed by atoms with E-state index in [2.05, 4.69) is 114 Å². The number of hydrogen-bond donors (Lipinski definition) is 0. The Morgan fingerprint density at radius 2 is 1.43 bits per heavy atom. The first-order chi connectivity index (χ1) is 20.0. The molecule has 6 heteroatoms. The predicted octanol–water partition coefficient (Wildman–Crippen LogP) is 7.90. The molecule has 226 valence electrons. The Hall–Kier alpha value is -2.75. The predicted molar refractivity (Wildman–Crippen MR) is 182 cm³/mol. The topological polar surface area (TPSA) is 36.9 Å². The van der Waals surface area contributed by atoms with E-state index in [-0.39, 0.29) is 11.1 Å². The van der Waals surface area contributed by atoms with Crippen LogP contribution < -0.4 is 15.1 Å². The van der Waals surface area contributed by atoms with Gasteiger partial charge in [-0.3, -0.25) is 0 Å². The van der Waals surface area contributed by atoms with Gasteiger partial charge < -0.3 is 18.3 Å². The third-order valence-electron chi connectivity index (χ3n) is 7.24. The Bertz CT molecular complexity index is 1200. The van der Waals surface area contributed by atoms with E-state index in [4.69, 9.17) is 18.3 Å². The van der Waals surface area contributed by atoms with Gasteiger partial charge in [-0.2, -0.15) is 0 Å². The summed E-state index contributed by atoms with van der Waals surface area (Å²) in [4.78, 5) is 0. The molecule has 1 atom stereocenters. The van der Waals surface area contributed by atoms with Crippen molar-refractivity contribution < 1.29 is 18.3 Å². The van der Waals surface area contributed by atoms with Crippen LogP contribution in [0.3, 0.4) is 0 Å². The summed E-state index contributed by atoms with van der Waals surface area (Å²) in [5.41, 5.74) is 2.38. The average molecular weight is 603 g/mol. The Morgan fingerprint density at radius 1 is 0.857 bits per heavy atom. The smallest absolute Gasteiger partial charge is 0.261 e. The highest BCUT2D eigenvalue weighted by Crippen LogP contribution is 2.36. The van der Waals surface area contributed by atoms with Crippen LogP contribution in [0.1, 0.15) is 39.2 Å². The minimum Gasteiger partial charge on any atom is -0.497 e. The maximum atomic E-state index is 7.14. The highest BCUT2D eigenvalue weighted by Gasteiger charge is 2.49. The molecule has 0 unspecified atom stereocenters. The van der Waals surface area contributed by atoms with E-state index in [0.29, 0.717) is 19.8 Å². The lowest BCUT2D eigenvalue weighted by molar-refractivity contribution is 0.0375. The second-order valence-electron chi connectivity index (χ2n) is 12.7. The van der Waals surface area contributed by atoms with Crippen molar-refractivity contribution >= 4 is 27.0 Å². The van der Waals surface area contributed by atoms with Crippen LogP contribution in [0.4, 0.5) is 0 Å². The van der Waals surface area contributed by atoms with Gasteiger partial charge in [0.05, 0.1) is 33.0 Å². The zero-order valence-corrected chi connectivity index (χ0v) is 28.7. The van der Waals surface area contributed by atoms with Gasteiger partial charge in [0, 0.05) is 0 Å². The fourth-order valence-corrected chi connectivity index (χ4v) is 11.1. The zero-order valence-electron chi connectivity index (χ0n) is 26.7. The van der Waals surface area contributed by atoms with Gasteiger partial charge in [0.1, 0.15) is 5.75 Å². The third kappa shape index (κ3) is 9.64. The molecule has 0 N–H and O–H groups in total. The minimum absolute atomic E-state index is 0.0334. The summed E-state index contributed by atoms with van der Waals surface area (Å²) in [5.74, 6) is 0.846. The summed E-state index contributed by atoms with van der Waals surface area (Å²) in [6.07, 6.45) is 5.76. The van der Waals surface area contributed by atoms with Crippen molar-refractivity contribution in [3.8, 4) is 5.75 Å². The van der Waals surface area contributed by atoms with Gasteiger partial charge in [0.25, 0.3) is 8.32 Å². The van der Waals surface area contributed by atoms with Crippen molar-refractivity contribution in [1.82, 2.24) is 0 Å². The van der Waals surface area contributed by atoms with Crippen molar-refractivity contribution in [2.45, 2.75) is 71.0 Å². The van der Waals surface area contributed by atoms with Gasteiger partial charge in [0.15, 0.2) is 8.32 Å². The molecular weight excluding hydrogens is 553 g/mol. The fraction of sp³-hybridized carbons (Fsp3) is 0.389. The summed E-state index contributed by atoms with van der Waals surface area (Å²) >= 11 is 0. The molecule has 0 aliphatic rings. The van der Waals surface area contributed by atoms with E-state index < -0.39 is 16.6 Å². The molecule has 0 saturated heterocycles. The number of ether oxygens (including phenoxy) is 2. The molecule has 0 radical (unpaired) electrons. The molecule has 0 bridgehead atoms. The first kappa shape index (κ1) is 33.8. The van der Waals surface area contributed by atoms with Gasteiger partial charge >= 0.3 is 0 Å². The largest absolute Gasteiger partial charge is 0.497 e. The Labute approximate surface area is 256 Å². The van der Waals surface area contributed by atoms with Gasteiger partial charge in [-0.25, -0.2) is 0 Å². The molecule has 0 spiro atoms. The summed E-state index contributed by atoms with van der Waals surface area (Å²) in [6.45, 7) is 19.3. The maximum Gasteiger partial charge on any atom is 0.261 e. The normalized spacial score (nSPS) is 13.5. The number of allylic oxidation sites excluding steroid dienone is 1. The first-order valence-corrected chi connectivity index (χ1v) is 20.2. The van der Waals surface area contributed by atoms with Gasteiger partial charge in [-0.15, -0.1) is 6.58 Å². The Kier molecular flexibility index (Phi) is 12.6. The molecule has 3 aromatic carbocycles. The molecule has 0 heterocycles. The molecule has 0 aliphatic carbocycles. The summed E-state index contributed by atoms with van der Waals surface area (Å²) < 4.78 is 25.2. The van der Waals surface area contributed by atoms with E-state index in [0.717, 1.165) is 24.2 Å². The lowest BCUT2D eigenvalue weighted by atomic mass is 10.1. The van der Waals surface area contributed by atoms with Crippen LogP contribution >= 0.6 is 0 Å².